The molecule has 0 amide bonds. The van der Waals surface area contributed by atoms with Gasteiger partial charge in [0.25, 0.3) is 0 Å². The van der Waals surface area contributed by atoms with Gasteiger partial charge in [0.15, 0.2) is 0 Å². The Balaban J connectivity index is 2.62. The van der Waals surface area contributed by atoms with Gasteiger partial charge in [-0.2, -0.15) is 5.11 Å². The molecule has 0 bridgehead atoms. The molecule has 1 heterocycles. The summed E-state index contributed by atoms with van der Waals surface area (Å²) in [5.74, 6) is 0. The average Bonchev–Trinajstić information content (AvgIpc) is 2.15. The molecule has 1 aliphatic heterocycles. The molecule has 0 saturated carbocycles. The molecule has 9 heavy (non-hydrogen) atoms. The Bertz CT molecular complexity index is 154. The lowest BCUT2D eigenvalue weighted by Crippen LogP contribution is -2.27. The Labute approximate surface area is 59.8 Å². The summed E-state index contributed by atoms with van der Waals surface area (Å²) in [4.78, 5) is 1.90. The average molecular weight is 143 g/mol. The molecule has 0 radical (unpaired) electrons. The first-order chi connectivity index (χ1) is 4.25. The van der Waals surface area contributed by atoms with Crippen LogP contribution >= 0.6 is 12.2 Å². The fourth-order valence-electron chi connectivity index (χ4n) is 0.747. The molecule has 4 heteroatoms. The molecule has 0 aromatic heterocycles. The summed E-state index contributed by atoms with van der Waals surface area (Å²) in [6, 6.07) is 0. The van der Waals surface area contributed by atoms with Crippen molar-refractivity contribution >= 4 is 17.3 Å². The monoisotopic (exact) mass is 143 g/mol. The quantitative estimate of drug-likeness (QED) is 0.519. The second kappa shape index (κ2) is 2.39. The van der Waals surface area contributed by atoms with Gasteiger partial charge in [0.2, 0.25) is 5.11 Å². The molecule has 1 aliphatic rings. The summed E-state index contributed by atoms with van der Waals surface area (Å²) in [5, 5.41) is 8.28. The van der Waals surface area contributed by atoms with Crippen LogP contribution in [0.4, 0.5) is 0 Å². The van der Waals surface area contributed by atoms with Crippen LogP contribution in [-0.4, -0.2) is 23.2 Å². The lowest BCUT2D eigenvalue weighted by molar-refractivity contribution is 0.390. The standard InChI is InChI=1S/C5H9N3S/c1-3-4-6-7-5(9)8(4)2/h4H,3H2,1-2H3. The van der Waals surface area contributed by atoms with Crippen molar-refractivity contribution in [1.82, 2.24) is 4.90 Å². The Morgan fingerprint density at radius 2 is 2.44 bits per heavy atom. The fraction of sp³-hybridized carbons (Fsp3) is 0.800. The lowest BCUT2D eigenvalue weighted by atomic mass is 10.4. The third-order valence-electron chi connectivity index (χ3n) is 1.39. The molecule has 1 atom stereocenters. The highest BCUT2D eigenvalue weighted by Gasteiger charge is 2.19. The Kier molecular flexibility index (Phi) is 1.75. The van der Waals surface area contributed by atoms with Gasteiger partial charge in [-0.1, -0.05) is 6.92 Å². The maximum atomic E-state index is 4.85. The molecule has 0 spiro atoms. The van der Waals surface area contributed by atoms with Crippen LogP contribution in [0, 0.1) is 0 Å². The molecule has 0 aliphatic carbocycles. The lowest BCUT2D eigenvalue weighted by Gasteiger charge is -2.14. The minimum absolute atomic E-state index is 0.192. The highest BCUT2D eigenvalue weighted by atomic mass is 32.1. The molecule has 0 fully saturated rings. The van der Waals surface area contributed by atoms with E-state index in [0.29, 0.717) is 5.11 Å². The largest absolute Gasteiger partial charge is 0.325 e. The third-order valence-corrected chi connectivity index (χ3v) is 1.76. The molecular formula is C5H9N3S. The number of nitrogens with zero attached hydrogens (tertiary/aromatic N) is 3. The Morgan fingerprint density at radius 3 is 2.67 bits per heavy atom. The summed E-state index contributed by atoms with van der Waals surface area (Å²) >= 11 is 4.85. The predicted molar refractivity (Wildman–Crippen MR) is 39.3 cm³/mol. The predicted octanol–water partition coefficient (Wildman–Crippen LogP) is 1.41. The second-order valence-corrected chi connectivity index (χ2v) is 2.36. The van der Waals surface area contributed by atoms with Gasteiger partial charge < -0.3 is 4.90 Å². The van der Waals surface area contributed by atoms with Gasteiger partial charge in [-0.15, -0.1) is 5.11 Å². The summed E-state index contributed by atoms with van der Waals surface area (Å²) < 4.78 is 0. The van der Waals surface area contributed by atoms with E-state index in [1.165, 1.54) is 0 Å². The van der Waals surface area contributed by atoms with Crippen molar-refractivity contribution in [2.45, 2.75) is 19.5 Å². The summed E-state index contributed by atoms with van der Waals surface area (Å²) in [6.45, 7) is 2.06. The normalized spacial score (nSPS) is 25.8. The van der Waals surface area contributed by atoms with E-state index in [-0.39, 0.29) is 6.17 Å². The minimum Gasteiger partial charge on any atom is -0.325 e. The topological polar surface area (TPSA) is 28.0 Å². The Morgan fingerprint density at radius 1 is 1.78 bits per heavy atom. The zero-order valence-electron chi connectivity index (χ0n) is 5.53. The first kappa shape index (κ1) is 6.61. The van der Waals surface area contributed by atoms with E-state index >= 15 is 0 Å². The molecule has 0 saturated heterocycles. The van der Waals surface area contributed by atoms with Crippen molar-refractivity contribution in [1.29, 1.82) is 0 Å². The van der Waals surface area contributed by atoms with Crippen molar-refractivity contribution in [3.63, 3.8) is 0 Å². The van der Waals surface area contributed by atoms with E-state index in [4.69, 9.17) is 12.2 Å². The minimum atomic E-state index is 0.192. The van der Waals surface area contributed by atoms with Crippen molar-refractivity contribution in [2.24, 2.45) is 10.2 Å². The van der Waals surface area contributed by atoms with Gasteiger partial charge in [0.1, 0.15) is 6.17 Å². The molecular weight excluding hydrogens is 134 g/mol. The molecule has 3 nitrogen and oxygen atoms in total. The molecule has 1 unspecified atom stereocenters. The fourth-order valence-corrected chi connectivity index (χ4v) is 0.916. The van der Waals surface area contributed by atoms with Crippen molar-refractivity contribution in [3.8, 4) is 0 Å². The molecule has 1 rings (SSSR count). The number of hydrogen-bond acceptors (Lipinski definition) is 2. The van der Waals surface area contributed by atoms with E-state index in [0.717, 1.165) is 6.42 Å². The summed E-state index contributed by atoms with van der Waals surface area (Å²) in [7, 11) is 1.91. The number of hydrogen-bond donors (Lipinski definition) is 0. The zero-order chi connectivity index (χ0) is 6.85. The first-order valence-corrected chi connectivity index (χ1v) is 3.34. The van der Waals surface area contributed by atoms with Gasteiger partial charge in [-0.05, 0) is 18.6 Å². The van der Waals surface area contributed by atoms with Crippen LogP contribution in [-0.2, 0) is 0 Å². The zero-order valence-corrected chi connectivity index (χ0v) is 6.35. The molecule has 0 aromatic carbocycles. The first-order valence-electron chi connectivity index (χ1n) is 2.93. The molecule has 50 valence electrons. The number of thiocarbonyl (C=S) groups is 1. The maximum Gasteiger partial charge on any atom is 0.217 e. The van der Waals surface area contributed by atoms with Crippen LogP contribution < -0.4 is 0 Å². The molecule has 0 N–H and O–H groups in total. The maximum absolute atomic E-state index is 4.85. The van der Waals surface area contributed by atoms with Crippen LogP contribution in [0.3, 0.4) is 0 Å². The highest BCUT2D eigenvalue weighted by molar-refractivity contribution is 7.80. The second-order valence-electron chi connectivity index (χ2n) is 2.00. The molecule has 0 aromatic rings. The third kappa shape index (κ3) is 1.08. The van der Waals surface area contributed by atoms with E-state index in [2.05, 4.69) is 17.2 Å². The van der Waals surface area contributed by atoms with E-state index < -0.39 is 0 Å². The van der Waals surface area contributed by atoms with Gasteiger partial charge in [0.05, 0.1) is 0 Å². The SMILES string of the molecule is CCC1N=NC(=S)N1C. The van der Waals surface area contributed by atoms with Crippen molar-refractivity contribution in [3.05, 3.63) is 0 Å². The van der Waals surface area contributed by atoms with E-state index in [1.54, 1.807) is 0 Å². The highest BCUT2D eigenvalue weighted by Crippen LogP contribution is 2.12. The van der Waals surface area contributed by atoms with Crippen LogP contribution in [0.2, 0.25) is 0 Å². The van der Waals surface area contributed by atoms with Gasteiger partial charge in [0, 0.05) is 7.05 Å². The summed E-state index contributed by atoms with van der Waals surface area (Å²) in [5.41, 5.74) is 0. The van der Waals surface area contributed by atoms with Crippen LogP contribution in [0.25, 0.3) is 0 Å². The smallest absolute Gasteiger partial charge is 0.217 e. The van der Waals surface area contributed by atoms with Gasteiger partial charge in [-0.25, -0.2) is 0 Å². The van der Waals surface area contributed by atoms with Crippen LogP contribution in [0.5, 0.6) is 0 Å². The number of azo groups is 1. The van der Waals surface area contributed by atoms with E-state index in [1.807, 2.05) is 11.9 Å². The van der Waals surface area contributed by atoms with Gasteiger partial charge in [-0.3, -0.25) is 0 Å². The van der Waals surface area contributed by atoms with Gasteiger partial charge >= 0.3 is 0 Å². The van der Waals surface area contributed by atoms with Crippen LogP contribution in [0.1, 0.15) is 13.3 Å². The number of rotatable bonds is 1. The van der Waals surface area contributed by atoms with E-state index in [9.17, 15) is 0 Å². The van der Waals surface area contributed by atoms with Crippen LogP contribution in [0.15, 0.2) is 10.2 Å². The Hall–Kier alpha value is -0.510. The van der Waals surface area contributed by atoms with Crippen molar-refractivity contribution in [2.75, 3.05) is 7.05 Å². The van der Waals surface area contributed by atoms with Crippen molar-refractivity contribution < 1.29 is 0 Å². The summed E-state index contributed by atoms with van der Waals surface area (Å²) in [6.07, 6.45) is 1.16.